The van der Waals surface area contributed by atoms with Gasteiger partial charge in [0.15, 0.2) is 0 Å². The van der Waals surface area contributed by atoms with Gasteiger partial charge in [0.25, 0.3) is 0 Å². The summed E-state index contributed by atoms with van der Waals surface area (Å²) in [5, 5.41) is 3.68. The Bertz CT molecular complexity index is 1130. The molecule has 0 saturated heterocycles. The van der Waals surface area contributed by atoms with E-state index in [1.165, 1.54) is 23.9 Å². The van der Waals surface area contributed by atoms with Crippen LogP contribution in [0.4, 0.5) is 4.39 Å². The first kappa shape index (κ1) is 27.1. The summed E-state index contributed by atoms with van der Waals surface area (Å²) in [6, 6.07) is 20.3. The largest absolute Gasteiger partial charge is 0.355 e. The van der Waals surface area contributed by atoms with E-state index in [-0.39, 0.29) is 29.9 Å². The Labute approximate surface area is 219 Å². The molecule has 3 aromatic rings. The standard InChI is InChI=1S/C27H27Cl2FN2O2S/c1-2-31-27(34)25(15-19-6-4-3-5-7-19)32(16-21-10-13-23(28)24(29)14-21)26(33)18-35-17-20-8-11-22(30)12-9-20/h3-14,25H,2,15-18H2,1H3,(H,31,34). The molecule has 184 valence electrons. The summed E-state index contributed by atoms with van der Waals surface area (Å²) in [6.07, 6.45) is 0.377. The fraction of sp³-hybridized carbons (Fsp3) is 0.259. The van der Waals surface area contributed by atoms with Crippen LogP contribution in [0.25, 0.3) is 0 Å². The number of rotatable bonds is 11. The van der Waals surface area contributed by atoms with Crippen molar-refractivity contribution >= 4 is 46.8 Å². The first-order valence-corrected chi connectivity index (χ1v) is 13.2. The van der Waals surface area contributed by atoms with E-state index in [0.29, 0.717) is 28.8 Å². The molecule has 3 rings (SSSR count). The molecule has 0 heterocycles. The van der Waals surface area contributed by atoms with E-state index >= 15 is 0 Å². The zero-order chi connectivity index (χ0) is 25.2. The molecular formula is C27H27Cl2FN2O2S. The van der Waals surface area contributed by atoms with Gasteiger partial charge in [-0.15, -0.1) is 11.8 Å². The van der Waals surface area contributed by atoms with Crippen molar-refractivity contribution in [3.05, 3.63) is 105 Å². The van der Waals surface area contributed by atoms with Gasteiger partial charge < -0.3 is 10.2 Å². The van der Waals surface area contributed by atoms with Gasteiger partial charge in [-0.1, -0.05) is 71.7 Å². The summed E-state index contributed by atoms with van der Waals surface area (Å²) >= 11 is 13.7. The first-order chi connectivity index (χ1) is 16.9. The molecule has 0 bridgehead atoms. The molecule has 0 saturated carbocycles. The Balaban J connectivity index is 1.84. The maximum atomic E-state index is 13.5. The molecule has 0 aliphatic rings. The Morgan fingerprint density at radius 2 is 1.63 bits per heavy atom. The highest BCUT2D eigenvalue weighted by atomic mass is 35.5. The van der Waals surface area contributed by atoms with E-state index < -0.39 is 6.04 Å². The van der Waals surface area contributed by atoms with Gasteiger partial charge in [-0.3, -0.25) is 9.59 Å². The Morgan fingerprint density at radius 1 is 0.943 bits per heavy atom. The van der Waals surface area contributed by atoms with Crippen LogP contribution in [-0.4, -0.2) is 35.1 Å². The number of halogens is 3. The van der Waals surface area contributed by atoms with Crippen LogP contribution in [0, 0.1) is 5.82 Å². The second kappa shape index (κ2) is 13.5. The molecule has 1 N–H and O–H groups in total. The Kier molecular flexibility index (Phi) is 10.5. The van der Waals surface area contributed by atoms with Gasteiger partial charge in [-0.2, -0.15) is 0 Å². The van der Waals surface area contributed by atoms with Crippen molar-refractivity contribution in [3.63, 3.8) is 0 Å². The summed E-state index contributed by atoms with van der Waals surface area (Å²) in [7, 11) is 0. The van der Waals surface area contributed by atoms with Gasteiger partial charge >= 0.3 is 0 Å². The molecule has 35 heavy (non-hydrogen) atoms. The van der Waals surface area contributed by atoms with Crippen molar-refractivity contribution < 1.29 is 14.0 Å². The quantitative estimate of drug-likeness (QED) is 0.322. The molecule has 4 nitrogen and oxygen atoms in total. The van der Waals surface area contributed by atoms with Crippen molar-refractivity contribution in [3.8, 4) is 0 Å². The van der Waals surface area contributed by atoms with E-state index in [1.54, 1.807) is 35.2 Å². The molecule has 0 aromatic heterocycles. The molecule has 8 heteroatoms. The highest BCUT2D eigenvalue weighted by Crippen LogP contribution is 2.25. The number of likely N-dealkylation sites (N-methyl/N-ethyl adjacent to an activating group) is 1. The predicted molar refractivity (Wildman–Crippen MR) is 142 cm³/mol. The van der Waals surface area contributed by atoms with Crippen LogP contribution in [0.2, 0.25) is 10.0 Å². The topological polar surface area (TPSA) is 49.4 Å². The van der Waals surface area contributed by atoms with Gasteiger partial charge in [0.1, 0.15) is 11.9 Å². The van der Waals surface area contributed by atoms with Gasteiger partial charge in [0.2, 0.25) is 11.8 Å². The number of carbonyl (C=O) groups excluding carboxylic acids is 2. The molecule has 1 atom stereocenters. The lowest BCUT2D eigenvalue weighted by Crippen LogP contribution is -2.51. The third-order valence-electron chi connectivity index (χ3n) is 5.37. The third kappa shape index (κ3) is 8.27. The number of hydrogen-bond donors (Lipinski definition) is 1. The molecule has 3 aromatic carbocycles. The fourth-order valence-electron chi connectivity index (χ4n) is 3.60. The van der Waals surface area contributed by atoms with Crippen LogP contribution in [0.1, 0.15) is 23.6 Å². The minimum Gasteiger partial charge on any atom is -0.355 e. The van der Waals surface area contributed by atoms with Crippen LogP contribution in [0.15, 0.2) is 72.8 Å². The van der Waals surface area contributed by atoms with Gasteiger partial charge in [-0.25, -0.2) is 4.39 Å². The highest BCUT2D eigenvalue weighted by Gasteiger charge is 2.30. The molecule has 0 aliphatic carbocycles. The van der Waals surface area contributed by atoms with Gasteiger partial charge in [0.05, 0.1) is 15.8 Å². The number of benzene rings is 3. The lowest BCUT2D eigenvalue weighted by molar-refractivity contribution is -0.139. The molecule has 0 radical (unpaired) electrons. The zero-order valence-corrected chi connectivity index (χ0v) is 21.7. The summed E-state index contributed by atoms with van der Waals surface area (Å²) in [6.45, 7) is 2.51. The van der Waals surface area contributed by atoms with E-state index in [0.717, 1.165) is 16.7 Å². The number of nitrogens with zero attached hydrogens (tertiary/aromatic N) is 1. The number of thioether (sulfide) groups is 1. The Hall–Kier alpha value is -2.54. The lowest BCUT2D eigenvalue weighted by atomic mass is 10.0. The van der Waals surface area contributed by atoms with E-state index in [2.05, 4.69) is 5.32 Å². The van der Waals surface area contributed by atoms with Crippen LogP contribution >= 0.6 is 35.0 Å². The van der Waals surface area contributed by atoms with Crippen LogP contribution in [0.5, 0.6) is 0 Å². The molecule has 0 fully saturated rings. The van der Waals surface area contributed by atoms with Crippen molar-refractivity contribution in [1.82, 2.24) is 10.2 Å². The van der Waals surface area contributed by atoms with Crippen LogP contribution in [0.3, 0.4) is 0 Å². The second-order valence-electron chi connectivity index (χ2n) is 7.99. The van der Waals surface area contributed by atoms with E-state index in [9.17, 15) is 14.0 Å². The minimum absolute atomic E-state index is 0.170. The third-order valence-corrected chi connectivity index (χ3v) is 7.09. The number of hydrogen-bond acceptors (Lipinski definition) is 3. The van der Waals surface area contributed by atoms with E-state index in [4.69, 9.17) is 23.2 Å². The number of nitrogens with one attached hydrogen (secondary N) is 1. The SMILES string of the molecule is CCNC(=O)C(Cc1ccccc1)N(Cc1ccc(Cl)c(Cl)c1)C(=O)CSCc1ccc(F)cc1. The van der Waals surface area contributed by atoms with Gasteiger partial charge in [0, 0.05) is 25.3 Å². The molecule has 2 amide bonds. The minimum atomic E-state index is -0.703. The maximum Gasteiger partial charge on any atom is 0.243 e. The number of amides is 2. The van der Waals surface area contributed by atoms with Crippen molar-refractivity contribution in [1.29, 1.82) is 0 Å². The van der Waals surface area contributed by atoms with E-state index in [1.807, 2.05) is 37.3 Å². The van der Waals surface area contributed by atoms with Gasteiger partial charge in [-0.05, 0) is 47.9 Å². The molecule has 0 spiro atoms. The van der Waals surface area contributed by atoms with Crippen LogP contribution < -0.4 is 5.32 Å². The van der Waals surface area contributed by atoms with Crippen LogP contribution in [-0.2, 0) is 28.3 Å². The highest BCUT2D eigenvalue weighted by molar-refractivity contribution is 7.99. The fourth-order valence-corrected chi connectivity index (χ4v) is 4.79. The van der Waals surface area contributed by atoms with Crippen molar-refractivity contribution in [2.75, 3.05) is 12.3 Å². The average Bonchev–Trinajstić information content (AvgIpc) is 2.85. The zero-order valence-electron chi connectivity index (χ0n) is 19.3. The Morgan fingerprint density at radius 3 is 2.29 bits per heavy atom. The first-order valence-electron chi connectivity index (χ1n) is 11.2. The monoisotopic (exact) mass is 532 g/mol. The predicted octanol–water partition coefficient (Wildman–Crippen LogP) is 6.14. The summed E-state index contributed by atoms with van der Waals surface area (Å²) in [5.41, 5.74) is 2.65. The summed E-state index contributed by atoms with van der Waals surface area (Å²) in [5.74, 6) is 0.0394. The molecule has 0 aliphatic heterocycles. The number of carbonyl (C=O) groups is 2. The average molecular weight is 533 g/mol. The van der Waals surface area contributed by atoms with Crippen molar-refractivity contribution in [2.45, 2.75) is 31.7 Å². The maximum absolute atomic E-state index is 13.5. The second-order valence-corrected chi connectivity index (χ2v) is 9.79. The lowest BCUT2D eigenvalue weighted by Gasteiger charge is -2.31. The summed E-state index contributed by atoms with van der Waals surface area (Å²) < 4.78 is 13.2. The smallest absolute Gasteiger partial charge is 0.243 e. The normalized spacial score (nSPS) is 11.7. The molecule has 1 unspecified atom stereocenters. The molecular weight excluding hydrogens is 506 g/mol. The summed E-state index contributed by atoms with van der Waals surface area (Å²) in [4.78, 5) is 28.2. The van der Waals surface area contributed by atoms with Crippen molar-refractivity contribution in [2.24, 2.45) is 0 Å².